The van der Waals surface area contributed by atoms with Crippen molar-refractivity contribution in [2.45, 2.75) is 90.1 Å². The smallest absolute Gasteiger partial charge is 0.413 e. The largest absolute Gasteiger partial charge is 0.444 e. The number of ether oxygens (including phenoxy) is 3. The van der Waals surface area contributed by atoms with E-state index < -0.39 is 44.9 Å². The highest BCUT2D eigenvalue weighted by Gasteiger charge is 2.43. The SMILES string of the molecule is CC(C)(C)OC(=O)Nc1ccc(Cl)c(C(N[S@@](=O)C(C)(C)C)c2cc3nccc(-c4cc(C5(C)COC(C)(C)O5)ccn4)c3s2)n1. The quantitative estimate of drug-likeness (QED) is 0.201. The molecule has 5 heterocycles. The third kappa shape index (κ3) is 7.75. The first-order valence-electron chi connectivity index (χ1n) is 14.9. The lowest BCUT2D eigenvalue weighted by Crippen LogP contribution is -2.36. The fourth-order valence-corrected chi connectivity index (χ4v) is 7.22. The molecule has 46 heavy (non-hydrogen) atoms. The average Bonchev–Trinajstić information content (AvgIpc) is 3.51. The number of amides is 1. The molecular formula is C33H40ClN5O5S2. The van der Waals surface area contributed by atoms with Crippen molar-refractivity contribution in [2.75, 3.05) is 11.9 Å². The second kappa shape index (κ2) is 12.6. The number of hydrogen-bond acceptors (Lipinski definition) is 9. The van der Waals surface area contributed by atoms with Crippen LogP contribution >= 0.6 is 22.9 Å². The van der Waals surface area contributed by atoms with E-state index in [1.54, 1.807) is 45.3 Å². The Kier molecular flexibility index (Phi) is 9.37. The molecule has 13 heteroatoms. The molecule has 4 aromatic rings. The van der Waals surface area contributed by atoms with Crippen LogP contribution in [0.3, 0.4) is 0 Å². The van der Waals surface area contributed by atoms with Crippen molar-refractivity contribution in [1.29, 1.82) is 0 Å². The van der Waals surface area contributed by atoms with Gasteiger partial charge in [-0.25, -0.2) is 18.7 Å². The van der Waals surface area contributed by atoms with Gasteiger partial charge in [0.25, 0.3) is 0 Å². The highest BCUT2D eigenvalue weighted by Crippen LogP contribution is 2.42. The maximum Gasteiger partial charge on any atom is 0.413 e. The van der Waals surface area contributed by atoms with Crippen LogP contribution in [0.15, 0.2) is 48.8 Å². The predicted octanol–water partition coefficient (Wildman–Crippen LogP) is 7.89. The lowest BCUT2D eigenvalue weighted by Gasteiger charge is -2.25. The zero-order valence-corrected chi connectivity index (χ0v) is 29.9. The summed E-state index contributed by atoms with van der Waals surface area (Å²) in [6.07, 6.45) is 2.87. The van der Waals surface area contributed by atoms with E-state index in [1.807, 2.05) is 65.8 Å². The fourth-order valence-electron chi connectivity index (χ4n) is 4.93. The van der Waals surface area contributed by atoms with Gasteiger partial charge in [0.15, 0.2) is 5.79 Å². The van der Waals surface area contributed by atoms with Crippen molar-refractivity contribution in [3.8, 4) is 11.3 Å². The summed E-state index contributed by atoms with van der Waals surface area (Å²) >= 11 is 8.21. The van der Waals surface area contributed by atoms with Gasteiger partial charge in [-0.2, -0.15) is 0 Å². The summed E-state index contributed by atoms with van der Waals surface area (Å²) in [5.41, 5.74) is 2.43. The van der Waals surface area contributed by atoms with E-state index in [-0.39, 0.29) is 5.82 Å². The fraction of sp³-hybridized carbons (Fsp3) is 0.455. The van der Waals surface area contributed by atoms with Crippen molar-refractivity contribution in [3.63, 3.8) is 0 Å². The van der Waals surface area contributed by atoms with Crippen LogP contribution in [0.2, 0.25) is 5.02 Å². The molecule has 3 atom stereocenters. The van der Waals surface area contributed by atoms with Gasteiger partial charge in [-0.3, -0.25) is 15.3 Å². The van der Waals surface area contributed by atoms with Crippen LogP contribution in [-0.4, -0.2) is 48.0 Å². The number of fused-ring (bicyclic) bond motifs is 1. The molecule has 0 aliphatic carbocycles. The first-order chi connectivity index (χ1) is 21.3. The Balaban J connectivity index is 1.57. The number of thiophene rings is 1. The maximum absolute atomic E-state index is 13.5. The van der Waals surface area contributed by atoms with Crippen molar-refractivity contribution in [1.82, 2.24) is 19.7 Å². The van der Waals surface area contributed by atoms with Gasteiger partial charge in [0.2, 0.25) is 0 Å². The van der Waals surface area contributed by atoms with Gasteiger partial charge >= 0.3 is 6.09 Å². The Morgan fingerprint density at radius 3 is 2.43 bits per heavy atom. The summed E-state index contributed by atoms with van der Waals surface area (Å²) in [6.45, 7) is 17.2. The molecule has 1 amide bonds. The number of aromatic nitrogens is 3. The Labute approximate surface area is 281 Å². The van der Waals surface area contributed by atoms with E-state index in [1.165, 1.54) is 11.3 Å². The lowest BCUT2D eigenvalue weighted by molar-refractivity contribution is -0.159. The Hall–Kier alpha value is -3.00. The summed E-state index contributed by atoms with van der Waals surface area (Å²) in [5.74, 6) is -0.438. The summed E-state index contributed by atoms with van der Waals surface area (Å²) in [7, 11) is -1.50. The summed E-state index contributed by atoms with van der Waals surface area (Å²) in [6, 6.07) is 10.4. The number of nitrogens with one attached hydrogen (secondary N) is 2. The van der Waals surface area contributed by atoms with Gasteiger partial charge in [-0.05, 0) is 104 Å². The van der Waals surface area contributed by atoms with Gasteiger partial charge in [0.1, 0.15) is 17.0 Å². The minimum Gasteiger partial charge on any atom is -0.444 e. The van der Waals surface area contributed by atoms with E-state index in [2.05, 4.69) is 20.0 Å². The lowest BCUT2D eigenvalue weighted by atomic mass is 9.96. The second-order valence-corrected chi connectivity index (χ2v) is 17.3. The van der Waals surface area contributed by atoms with Gasteiger partial charge < -0.3 is 14.2 Å². The van der Waals surface area contributed by atoms with E-state index in [0.717, 1.165) is 31.9 Å². The summed E-state index contributed by atoms with van der Waals surface area (Å²) < 4.78 is 34.6. The van der Waals surface area contributed by atoms with Gasteiger partial charge in [0, 0.05) is 22.8 Å². The summed E-state index contributed by atoms with van der Waals surface area (Å²) in [4.78, 5) is 27.3. The van der Waals surface area contributed by atoms with Crippen molar-refractivity contribution >= 4 is 56.1 Å². The van der Waals surface area contributed by atoms with Crippen LogP contribution in [-0.2, 0) is 30.8 Å². The molecule has 10 nitrogen and oxygen atoms in total. The number of pyridine rings is 3. The third-order valence-electron chi connectivity index (χ3n) is 7.08. The third-order valence-corrected chi connectivity index (χ3v) is 10.2. The minimum atomic E-state index is -1.50. The van der Waals surface area contributed by atoms with E-state index in [9.17, 15) is 9.00 Å². The van der Waals surface area contributed by atoms with E-state index in [4.69, 9.17) is 30.8 Å². The minimum absolute atomic E-state index is 0.248. The van der Waals surface area contributed by atoms with E-state index >= 15 is 0 Å². The molecule has 0 radical (unpaired) electrons. The zero-order chi connectivity index (χ0) is 33.7. The predicted molar refractivity (Wildman–Crippen MR) is 183 cm³/mol. The van der Waals surface area contributed by atoms with E-state index in [0.29, 0.717) is 17.3 Å². The van der Waals surface area contributed by atoms with Crippen molar-refractivity contribution < 1.29 is 23.2 Å². The van der Waals surface area contributed by atoms with Crippen LogP contribution in [0.5, 0.6) is 0 Å². The number of rotatable bonds is 7. The second-order valence-electron chi connectivity index (χ2n) is 13.8. The van der Waals surface area contributed by atoms with Crippen molar-refractivity contribution in [3.05, 3.63) is 69.9 Å². The van der Waals surface area contributed by atoms with Crippen LogP contribution in [0, 0.1) is 0 Å². The highest BCUT2D eigenvalue weighted by atomic mass is 35.5. The topological polar surface area (TPSA) is 125 Å². The van der Waals surface area contributed by atoms with Crippen LogP contribution in [0.1, 0.15) is 84.5 Å². The first-order valence-corrected chi connectivity index (χ1v) is 17.2. The molecule has 1 aliphatic rings. The number of halogens is 1. The number of nitrogens with zero attached hydrogens (tertiary/aromatic N) is 3. The molecule has 2 unspecified atom stereocenters. The number of carbonyl (C=O) groups excluding carboxylic acids is 1. The number of anilines is 1. The van der Waals surface area contributed by atoms with Crippen LogP contribution in [0.4, 0.5) is 10.6 Å². The average molecular weight is 686 g/mol. The molecule has 0 aromatic carbocycles. The first kappa shape index (κ1) is 34.3. The molecule has 246 valence electrons. The molecule has 1 saturated heterocycles. The Bertz CT molecular complexity index is 1800. The molecule has 0 bridgehead atoms. The number of hydrogen-bond donors (Lipinski definition) is 2. The summed E-state index contributed by atoms with van der Waals surface area (Å²) in [5, 5.41) is 3.02. The zero-order valence-electron chi connectivity index (χ0n) is 27.5. The molecule has 2 N–H and O–H groups in total. The molecule has 1 aliphatic heterocycles. The normalized spacial score (nSPS) is 19.6. The standard InChI is InChI=1S/C33H40ClN5O5S2/c1-30(2,3)43-29(40)38-25-11-10-21(34)26(37-25)27(39-46(41)31(4,5)6)24-17-23-28(45-24)20(13-15-36-23)22-16-19(12-14-35-22)33(9)18-42-32(7,8)44-33/h10-17,27,39H,18H2,1-9H3,(H,37,38,40)/t27?,33?,46-/m0/s1. The molecule has 4 aromatic heterocycles. The van der Waals surface area contributed by atoms with Gasteiger partial charge in [-0.15, -0.1) is 11.3 Å². The monoisotopic (exact) mass is 685 g/mol. The Morgan fingerprint density at radius 1 is 1.07 bits per heavy atom. The maximum atomic E-state index is 13.5. The molecule has 0 spiro atoms. The Morgan fingerprint density at radius 2 is 1.78 bits per heavy atom. The van der Waals surface area contributed by atoms with Gasteiger partial charge in [-0.1, -0.05) is 11.6 Å². The van der Waals surface area contributed by atoms with Gasteiger partial charge in [0.05, 0.1) is 55.0 Å². The van der Waals surface area contributed by atoms with Crippen molar-refractivity contribution in [2.24, 2.45) is 0 Å². The molecule has 1 fully saturated rings. The molecule has 5 rings (SSSR count). The van der Waals surface area contributed by atoms with Crippen LogP contribution < -0.4 is 10.0 Å². The molecular weight excluding hydrogens is 646 g/mol. The molecule has 0 saturated carbocycles. The number of carbonyl (C=O) groups is 1. The highest BCUT2D eigenvalue weighted by molar-refractivity contribution is 7.84. The van der Waals surface area contributed by atoms with Crippen LogP contribution in [0.25, 0.3) is 21.5 Å².